The molecule has 1 aromatic rings. The molecule has 3 heteroatoms. The average Bonchev–Trinajstić information content (AvgIpc) is 3.02. The number of rotatable bonds is 5. The predicted molar refractivity (Wildman–Crippen MR) is 67.7 cm³/mol. The van der Waals surface area contributed by atoms with Gasteiger partial charge in [0.05, 0.1) is 5.02 Å². The molecule has 0 atom stereocenters. The van der Waals surface area contributed by atoms with Gasteiger partial charge >= 0.3 is 0 Å². The van der Waals surface area contributed by atoms with Crippen LogP contribution in [-0.4, -0.2) is 11.8 Å². The van der Waals surface area contributed by atoms with Crippen LogP contribution in [0.15, 0.2) is 23.1 Å². The van der Waals surface area contributed by atoms with Gasteiger partial charge in [0.15, 0.2) is 0 Å². The van der Waals surface area contributed by atoms with Crippen LogP contribution in [0.1, 0.15) is 24.8 Å². The molecule has 0 bridgehead atoms. The minimum absolute atomic E-state index is 0.746. The van der Waals surface area contributed by atoms with Crippen LogP contribution in [0.5, 0.6) is 0 Å². The first kappa shape index (κ1) is 11.3. The summed E-state index contributed by atoms with van der Waals surface area (Å²) in [4.78, 5) is 1.23. The van der Waals surface area contributed by atoms with E-state index in [4.69, 9.17) is 17.3 Å². The summed E-state index contributed by atoms with van der Waals surface area (Å²) in [7, 11) is 0. The first-order chi connectivity index (χ1) is 7.29. The Bertz CT molecular complexity index is 336. The molecule has 0 amide bonds. The highest BCUT2D eigenvalue weighted by molar-refractivity contribution is 8.00. The lowest BCUT2D eigenvalue weighted by atomic mass is 10.1. The van der Waals surface area contributed by atoms with Crippen LogP contribution in [-0.2, 0) is 6.42 Å². The minimum atomic E-state index is 0.746. The third kappa shape index (κ3) is 3.40. The fourth-order valence-electron chi connectivity index (χ4n) is 1.47. The first-order valence-electron chi connectivity index (χ1n) is 5.45. The Morgan fingerprint density at radius 2 is 2.20 bits per heavy atom. The average molecular weight is 242 g/mol. The molecule has 2 N–H and O–H groups in total. The van der Waals surface area contributed by atoms with Gasteiger partial charge in [-0.05, 0) is 49.9 Å². The molecule has 1 aliphatic carbocycles. The lowest BCUT2D eigenvalue weighted by molar-refractivity contribution is 0.832. The van der Waals surface area contributed by atoms with E-state index in [0.29, 0.717) is 0 Å². The summed E-state index contributed by atoms with van der Waals surface area (Å²) in [5.74, 6) is 0. The first-order valence-corrected chi connectivity index (χ1v) is 6.70. The maximum atomic E-state index is 6.23. The molecule has 0 spiro atoms. The second-order valence-corrected chi connectivity index (χ2v) is 5.72. The highest BCUT2D eigenvalue weighted by Crippen LogP contribution is 2.41. The molecule has 0 aromatic heterocycles. The van der Waals surface area contributed by atoms with Crippen molar-refractivity contribution in [3.63, 3.8) is 0 Å². The van der Waals surface area contributed by atoms with Gasteiger partial charge in [-0.25, -0.2) is 0 Å². The van der Waals surface area contributed by atoms with Gasteiger partial charge in [-0.15, -0.1) is 11.8 Å². The van der Waals surface area contributed by atoms with Gasteiger partial charge < -0.3 is 5.73 Å². The highest BCUT2D eigenvalue weighted by Gasteiger charge is 2.23. The van der Waals surface area contributed by atoms with Crippen LogP contribution < -0.4 is 5.73 Å². The smallest absolute Gasteiger partial charge is 0.0544 e. The minimum Gasteiger partial charge on any atom is -0.330 e. The zero-order valence-corrected chi connectivity index (χ0v) is 10.3. The summed E-state index contributed by atoms with van der Waals surface area (Å²) >= 11 is 8.14. The lowest BCUT2D eigenvalue weighted by Crippen LogP contribution is -2.00. The van der Waals surface area contributed by atoms with Gasteiger partial charge in [-0.1, -0.05) is 17.7 Å². The molecule has 82 valence electrons. The quantitative estimate of drug-likeness (QED) is 0.854. The van der Waals surface area contributed by atoms with Crippen molar-refractivity contribution in [2.75, 3.05) is 6.54 Å². The summed E-state index contributed by atoms with van der Waals surface area (Å²) in [5.41, 5.74) is 6.78. The molecule has 0 aliphatic heterocycles. The molecule has 15 heavy (non-hydrogen) atoms. The van der Waals surface area contributed by atoms with Crippen LogP contribution in [0.3, 0.4) is 0 Å². The molecule has 1 aromatic carbocycles. The van der Waals surface area contributed by atoms with Gasteiger partial charge in [0.1, 0.15) is 0 Å². The number of halogens is 1. The van der Waals surface area contributed by atoms with Gasteiger partial charge in [0, 0.05) is 10.1 Å². The van der Waals surface area contributed by atoms with Crippen LogP contribution in [0, 0.1) is 0 Å². The van der Waals surface area contributed by atoms with E-state index < -0.39 is 0 Å². The molecular weight excluding hydrogens is 226 g/mol. The molecule has 0 unspecified atom stereocenters. The molecular formula is C12H16ClNS. The molecule has 0 saturated heterocycles. The van der Waals surface area contributed by atoms with Crippen LogP contribution in [0.4, 0.5) is 0 Å². The predicted octanol–water partition coefficient (Wildman–Crippen LogP) is 3.49. The monoisotopic (exact) mass is 241 g/mol. The van der Waals surface area contributed by atoms with Crippen LogP contribution in [0.25, 0.3) is 0 Å². The molecule has 1 aliphatic rings. The standard InChI is InChI=1S/C12H16ClNS/c13-11-8-9(2-1-7-14)3-6-12(11)15-10-4-5-10/h3,6,8,10H,1-2,4-5,7,14H2. The number of hydrogen-bond donors (Lipinski definition) is 1. The van der Waals surface area contributed by atoms with Crippen molar-refractivity contribution in [3.8, 4) is 0 Å². The van der Waals surface area contributed by atoms with Crippen LogP contribution >= 0.6 is 23.4 Å². The topological polar surface area (TPSA) is 26.0 Å². The van der Waals surface area contributed by atoms with E-state index >= 15 is 0 Å². The molecule has 1 saturated carbocycles. The van der Waals surface area contributed by atoms with Crippen molar-refractivity contribution in [1.29, 1.82) is 0 Å². The number of aryl methyl sites for hydroxylation is 1. The second kappa shape index (κ2) is 5.24. The van der Waals surface area contributed by atoms with Gasteiger partial charge in [0.2, 0.25) is 0 Å². The normalized spacial score (nSPS) is 15.6. The summed E-state index contributed by atoms with van der Waals surface area (Å²) in [6, 6.07) is 6.41. The summed E-state index contributed by atoms with van der Waals surface area (Å²) in [6.45, 7) is 0.746. The van der Waals surface area contributed by atoms with E-state index in [-0.39, 0.29) is 0 Å². The van der Waals surface area contributed by atoms with Crippen molar-refractivity contribution in [2.24, 2.45) is 5.73 Å². The molecule has 1 nitrogen and oxygen atoms in total. The lowest BCUT2D eigenvalue weighted by Gasteiger charge is -2.05. The second-order valence-electron chi connectivity index (χ2n) is 3.97. The SMILES string of the molecule is NCCCc1ccc(SC2CC2)c(Cl)c1. The molecule has 0 radical (unpaired) electrons. The zero-order chi connectivity index (χ0) is 10.7. The zero-order valence-electron chi connectivity index (χ0n) is 8.71. The van der Waals surface area contributed by atoms with Gasteiger partial charge in [0.25, 0.3) is 0 Å². The van der Waals surface area contributed by atoms with E-state index in [1.54, 1.807) is 0 Å². The van der Waals surface area contributed by atoms with Gasteiger partial charge in [-0.2, -0.15) is 0 Å². The van der Waals surface area contributed by atoms with E-state index in [2.05, 4.69) is 18.2 Å². The van der Waals surface area contributed by atoms with Crippen molar-refractivity contribution in [3.05, 3.63) is 28.8 Å². The Morgan fingerprint density at radius 1 is 1.40 bits per heavy atom. The Hall–Kier alpha value is -0.180. The maximum Gasteiger partial charge on any atom is 0.0544 e. The van der Waals surface area contributed by atoms with Crippen molar-refractivity contribution < 1.29 is 0 Å². The Morgan fingerprint density at radius 3 is 2.80 bits per heavy atom. The number of nitrogens with two attached hydrogens (primary N) is 1. The van der Waals surface area contributed by atoms with Crippen molar-refractivity contribution in [2.45, 2.75) is 35.8 Å². The number of thioether (sulfide) groups is 1. The van der Waals surface area contributed by atoms with Crippen LogP contribution in [0.2, 0.25) is 5.02 Å². The fourth-order valence-corrected chi connectivity index (χ4v) is 2.85. The maximum absolute atomic E-state index is 6.23. The molecule has 2 rings (SSSR count). The molecule has 0 heterocycles. The van der Waals surface area contributed by atoms with E-state index in [0.717, 1.165) is 29.7 Å². The summed E-state index contributed by atoms with van der Waals surface area (Å²) < 4.78 is 0. The highest BCUT2D eigenvalue weighted by atomic mass is 35.5. The Balaban J connectivity index is 2.00. The summed E-state index contributed by atoms with van der Waals surface area (Å²) in [6.07, 6.45) is 4.75. The number of benzene rings is 1. The fraction of sp³-hybridized carbons (Fsp3) is 0.500. The molecule has 1 fully saturated rings. The van der Waals surface area contributed by atoms with Crippen molar-refractivity contribution in [1.82, 2.24) is 0 Å². The third-order valence-corrected chi connectivity index (χ3v) is 4.32. The number of hydrogen-bond acceptors (Lipinski definition) is 2. The third-order valence-electron chi connectivity index (χ3n) is 2.48. The largest absolute Gasteiger partial charge is 0.330 e. The van der Waals surface area contributed by atoms with E-state index in [1.165, 1.54) is 23.3 Å². The van der Waals surface area contributed by atoms with E-state index in [9.17, 15) is 0 Å². The van der Waals surface area contributed by atoms with E-state index in [1.807, 2.05) is 11.8 Å². The Kier molecular flexibility index (Phi) is 3.95. The van der Waals surface area contributed by atoms with Crippen molar-refractivity contribution >= 4 is 23.4 Å². The summed E-state index contributed by atoms with van der Waals surface area (Å²) in [5, 5.41) is 1.72. The Labute approximate surface area is 100 Å². The van der Waals surface area contributed by atoms with Gasteiger partial charge in [-0.3, -0.25) is 0 Å².